The van der Waals surface area contributed by atoms with E-state index in [1.54, 1.807) is 6.33 Å². The smallest absolute Gasteiger partial charge is 0.184 e. The van der Waals surface area contributed by atoms with E-state index in [1.807, 2.05) is 0 Å². The highest BCUT2D eigenvalue weighted by Crippen LogP contribution is 2.45. The molecule has 2 heterocycles. The molecule has 1 aliphatic carbocycles. The van der Waals surface area contributed by atoms with Gasteiger partial charge < -0.3 is 4.90 Å². The Hall–Kier alpha value is -2.27. The van der Waals surface area contributed by atoms with Crippen molar-refractivity contribution in [1.29, 1.82) is 0 Å². The number of nitrogens with zero attached hydrogens (tertiary/aromatic N) is 4. The Morgan fingerprint density at radius 1 is 1.20 bits per heavy atom. The second-order valence-corrected chi connectivity index (χ2v) is 7.43. The Morgan fingerprint density at radius 3 is 2.72 bits per heavy atom. The summed E-state index contributed by atoms with van der Waals surface area (Å²) in [5, 5.41) is 8.49. The van der Waals surface area contributed by atoms with Crippen LogP contribution in [0, 0.1) is 0 Å². The summed E-state index contributed by atoms with van der Waals surface area (Å²) in [6.07, 6.45) is 6.35. The summed E-state index contributed by atoms with van der Waals surface area (Å²) in [5.41, 5.74) is 5.71. The first-order valence-electron chi connectivity index (χ1n) is 9.06. The van der Waals surface area contributed by atoms with Gasteiger partial charge in [0.15, 0.2) is 5.65 Å². The zero-order valence-corrected chi connectivity index (χ0v) is 15.2. The van der Waals surface area contributed by atoms with Gasteiger partial charge in [-0.3, -0.25) is 5.10 Å². The molecule has 0 aliphatic heterocycles. The van der Waals surface area contributed by atoms with Gasteiger partial charge in [0.25, 0.3) is 0 Å². The molecule has 25 heavy (non-hydrogen) atoms. The molecule has 1 N–H and O–H groups in total. The Balaban J connectivity index is 1.82. The van der Waals surface area contributed by atoms with Gasteiger partial charge in [-0.15, -0.1) is 0 Å². The van der Waals surface area contributed by atoms with Crippen LogP contribution in [0.3, 0.4) is 0 Å². The lowest BCUT2D eigenvalue weighted by atomic mass is 9.64. The van der Waals surface area contributed by atoms with Crippen LogP contribution in [-0.4, -0.2) is 45.7 Å². The maximum absolute atomic E-state index is 4.60. The fourth-order valence-electron chi connectivity index (χ4n) is 4.13. The minimum absolute atomic E-state index is 0.287. The van der Waals surface area contributed by atoms with Crippen molar-refractivity contribution in [1.82, 2.24) is 25.1 Å². The highest BCUT2D eigenvalue weighted by molar-refractivity contribution is 5.92. The van der Waals surface area contributed by atoms with E-state index in [4.69, 9.17) is 0 Å². The molecule has 2 aromatic heterocycles. The van der Waals surface area contributed by atoms with E-state index in [-0.39, 0.29) is 5.41 Å². The number of rotatable bonds is 5. The average molecular weight is 335 g/mol. The van der Waals surface area contributed by atoms with Gasteiger partial charge in [0.05, 0.1) is 11.1 Å². The van der Waals surface area contributed by atoms with E-state index in [0.29, 0.717) is 0 Å². The van der Waals surface area contributed by atoms with Crippen molar-refractivity contribution in [3.63, 3.8) is 0 Å². The van der Waals surface area contributed by atoms with Crippen LogP contribution in [0.15, 0.2) is 30.6 Å². The van der Waals surface area contributed by atoms with Crippen LogP contribution < -0.4 is 0 Å². The van der Waals surface area contributed by atoms with E-state index >= 15 is 0 Å². The summed E-state index contributed by atoms with van der Waals surface area (Å²) >= 11 is 0. The number of aryl methyl sites for hydroxylation is 1. The molecule has 130 valence electrons. The van der Waals surface area contributed by atoms with Crippen LogP contribution in [0.25, 0.3) is 22.3 Å². The van der Waals surface area contributed by atoms with Crippen LogP contribution >= 0.6 is 0 Å². The number of hydrogen-bond donors (Lipinski definition) is 1. The second kappa shape index (κ2) is 6.23. The molecular formula is C20H25N5. The van der Waals surface area contributed by atoms with Gasteiger partial charge in [0, 0.05) is 23.2 Å². The first kappa shape index (κ1) is 16.2. The Labute approximate surface area is 148 Å². The SMILES string of the molecule is CCc1[nH]nc2ncnc(-c3cccc(C4(CN(C)C)CCC4)c3)c12. The van der Waals surface area contributed by atoms with Crippen LogP contribution in [0.4, 0.5) is 0 Å². The zero-order chi connectivity index (χ0) is 17.4. The molecule has 4 rings (SSSR count). The molecule has 0 spiro atoms. The van der Waals surface area contributed by atoms with Gasteiger partial charge >= 0.3 is 0 Å². The lowest BCUT2D eigenvalue weighted by molar-refractivity contribution is 0.177. The molecule has 5 nitrogen and oxygen atoms in total. The number of hydrogen-bond acceptors (Lipinski definition) is 4. The lowest BCUT2D eigenvalue weighted by Crippen LogP contribution is -2.43. The summed E-state index contributed by atoms with van der Waals surface area (Å²) in [4.78, 5) is 11.2. The molecule has 0 bridgehead atoms. The molecule has 0 amide bonds. The van der Waals surface area contributed by atoms with E-state index in [0.717, 1.165) is 41.0 Å². The monoisotopic (exact) mass is 335 g/mol. The number of H-pyrrole nitrogens is 1. The minimum atomic E-state index is 0.287. The van der Waals surface area contributed by atoms with Crippen molar-refractivity contribution in [2.24, 2.45) is 0 Å². The maximum Gasteiger partial charge on any atom is 0.184 e. The first-order valence-corrected chi connectivity index (χ1v) is 9.06. The van der Waals surface area contributed by atoms with E-state index < -0.39 is 0 Å². The normalized spacial score (nSPS) is 16.3. The van der Waals surface area contributed by atoms with Crippen LogP contribution in [0.5, 0.6) is 0 Å². The highest BCUT2D eigenvalue weighted by Gasteiger charge is 2.39. The highest BCUT2D eigenvalue weighted by atomic mass is 15.2. The minimum Gasteiger partial charge on any atom is -0.309 e. The van der Waals surface area contributed by atoms with Gasteiger partial charge in [0.2, 0.25) is 0 Å². The Kier molecular flexibility index (Phi) is 4.04. The van der Waals surface area contributed by atoms with E-state index in [9.17, 15) is 0 Å². The van der Waals surface area contributed by atoms with Crippen molar-refractivity contribution in [2.45, 2.75) is 38.0 Å². The van der Waals surface area contributed by atoms with Gasteiger partial charge in [0.1, 0.15) is 6.33 Å². The fourth-order valence-corrected chi connectivity index (χ4v) is 4.13. The maximum atomic E-state index is 4.60. The molecule has 0 atom stereocenters. The van der Waals surface area contributed by atoms with E-state index in [1.165, 1.54) is 24.8 Å². The van der Waals surface area contributed by atoms with Gasteiger partial charge in [-0.1, -0.05) is 31.5 Å². The standard InChI is InChI=1S/C20H25N5/c1-4-16-17-18(21-13-22-19(17)24-23-16)14-7-5-8-15(11-14)20(9-6-10-20)12-25(2)3/h5,7-8,11,13H,4,6,9-10,12H2,1-3H3,(H,21,22,23,24). The molecule has 1 saturated carbocycles. The molecule has 0 unspecified atom stereocenters. The summed E-state index contributed by atoms with van der Waals surface area (Å²) < 4.78 is 0. The molecular weight excluding hydrogens is 310 g/mol. The van der Waals surface area contributed by atoms with Crippen molar-refractivity contribution in [3.05, 3.63) is 41.9 Å². The van der Waals surface area contributed by atoms with Crippen molar-refractivity contribution >= 4 is 11.0 Å². The summed E-state index contributed by atoms with van der Waals surface area (Å²) in [6.45, 7) is 3.22. The van der Waals surface area contributed by atoms with Crippen LogP contribution in [0.2, 0.25) is 0 Å². The van der Waals surface area contributed by atoms with E-state index in [2.05, 4.69) is 70.3 Å². The number of fused-ring (bicyclic) bond motifs is 1. The van der Waals surface area contributed by atoms with Crippen molar-refractivity contribution in [2.75, 3.05) is 20.6 Å². The molecule has 5 heteroatoms. The number of aromatic nitrogens is 4. The third-order valence-electron chi connectivity index (χ3n) is 5.46. The number of nitrogens with one attached hydrogen (secondary N) is 1. The lowest BCUT2D eigenvalue weighted by Gasteiger charge is -2.44. The zero-order valence-electron chi connectivity index (χ0n) is 15.2. The molecule has 0 radical (unpaired) electrons. The molecule has 3 aromatic rings. The predicted molar refractivity (Wildman–Crippen MR) is 101 cm³/mol. The van der Waals surface area contributed by atoms with Gasteiger partial charge in [-0.2, -0.15) is 5.10 Å². The summed E-state index contributed by atoms with van der Waals surface area (Å²) in [6, 6.07) is 8.93. The fraction of sp³-hybridized carbons (Fsp3) is 0.450. The summed E-state index contributed by atoms with van der Waals surface area (Å²) in [5.74, 6) is 0. The molecule has 1 aromatic carbocycles. The van der Waals surface area contributed by atoms with Crippen LogP contribution in [0.1, 0.15) is 37.4 Å². The molecule has 1 aliphatic rings. The molecule has 0 saturated heterocycles. The Bertz CT molecular complexity index is 892. The third-order valence-corrected chi connectivity index (χ3v) is 5.46. The summed E-state index contributed by atoms with van der Waals surface area (Å²) in [7, 11) is 4.33. The Morgan fingerprint density at radius 2 is 2.04 bits per heavy atom. The quantitative estimate of drug-likeness (QED) is 0.774. The van der Waals surface area contributed by atoms with Crippen LogP contribution in [-0.2, 0) is 11.8 Å². The second-order valence-electron chi connectivity index (χ2n) is 7.43. The number of aromatic amines is 1. The molecule has 1 fully saturated rings. The van der Waals surface area contributed by atoms with Crippen molar-refractivity contribution in [3.8, 4) is 11.3 Å². The van der Waals surface area contributed by atoms with Gasteiger partial charge in [-0.25, -0.2) is 9.97 Å². The number of benzene rings is 1. The topological polar surface area (TPSA) is 57.7 Å². The first-order chi connectivity index (χ1) is 12.1. The predicted octanol–water partition coefficient (Wildman–Crippen LogP) is 3.57. The average Bonchev–Trinajstić information content (AvgIpc) is 3.01. The third kappa shape index (κ3) is 2.72. The van der Waals surface area contributed by atoms with Gasteiger partial charge in [-0.05, 0) is 45.0 Å². The number of likely N-dealkylation sites (N-methyl/N-ethyl adjacent to an activating group) is 1. The van der Waals surface area contributed by atoms with Crippen molar-refractivity contribution < 1.29 is 0 Å². The largest absolute Gasteiger partial charge is 0.309 e.